The molecule has 1 aliphatic heterocycles. The van der Waals surface area contributed by atoms with Crippen molar-refractivity contribution >= 4 is 23.1 Å². The van der Waals surface area contributed by atoms with Gasteiger partial charge in [0, 0.05) is 38.8 Å². The Hall–Kier alpha value is -3.27. The van der Waals surface area contributed by atoms with Crippen LogP contribution in [0.1, 0.15) is 12.8 Å². The summed E-state index contributed by atoms with van der Waals surface area (Å²) >= 11 is 1.56. The second kappa shape index (κ2) is 9.25. The van der Waals surface area contributed by atoms with Gasteiger partial charge in [0.1, 0.15) is 11.5 Å². The third-order valence-electron chi connectivity index (χ3n) is 5.33. The van der Waals surface area contributed by atoms with Crippen LogP contribution in [-0.2, 0) is 18.4 Å². The Morgan fingerprint density at radius 1 is 1.16 bits per heavy atom. The molecule has 0 bridgehead atoms. The highest BCUT2D eigenvalue weighted by Gasteiger charge is 2.26. The smallest absolute Gasteiger partial charge is 0.266 e. The highest BCUT2D eigenvalue weighted by atomic mass is 32.1. The molecule has 1 N–H and O–H groups in total. The maximum Gasteiger partial charge on any atom is 0.266 e. The van der Waals surface area contributed by atoms with Crippen molar-refractivity contribution in [3.8, 4) is 10.6 Å². The van der Waals surface area contributed by atoms with Crippen LogP contribution in [0.15, 0.2) is 51.4 Å². The van der Waals surface area contributed by atoms with E-state index < -0.39 is 0 Å². The average molecular weight is 441 g/mol. The molecule has 9 nitrogen and oxygen atoms in total. The van der Waals surface area contributed by atoms with Gasteiger partial charge in [-0.2, -0.15) is 10.2 Å². The first-order valence-electron chi connectivity index (χ1n) is 10.2. The van der Waals surface area contributed by atoms with Crippen LogP contribution in [0.25, 0.3) is 10.6 Å². The molecule has 0 saturated carbocycles. The molecule has 0 unspecified atom stereocenters. The van der Waals surface area contributed by atoms with E-state index in [2.05, 4.69) is 15.5 Å². The maximum atomic E-state index is 12.7. The third-order valence-corrected chi connectivity index (χ3v) is 6.22. The van der Waals surface area contributed by atoms with Crippen LogP contribution in [0.4, 0.5) is 5.82 Å². The highest BCUT2D eigenvalue weighted by Crippen LogP contribution is 2.22. The third kappa shape index (κ3) is 4.91. The van der Waals surface area contributed by atoms with E-state index in [1.54, 1.807) is 30.5 Å². The molecular formula is C21H24N6O3S. The molecule has 1 saturated heterocycles. The fourth-order valence-corrected chi connectivity index (χ4v) is 4.34. The van der Waals surface area contributed by atoms with Crippen molar-refractivity contribution in [1.29, 1.82) is 0 Å². The average Bonchev–Trinajstić information content (AvgIpc) is 3.32. The summed E-state index contributed by atoms with van der Waals surface area (Å²) in [5.41, 5.74) is 0.384. The van der Waals surface area contributed by atoms with Gasteiger partial charge in [0.2, 0.25) is 5.91 Å². The lowest BCUT2D eigenvalue weighted by Crippen LogP contribution is -2.44. The fourth-order valence-electron chi connectivity index (χ4n) is 3.65. The van der Waals surface area contributed by atoms with E-state index in [1.807, 2.05) is 22.4 Å². The highest BCUT2D eigenvalue weighted by molar-refractivity contribution is 7.13. The van der Waals surface area contributed by atoms with Gasteiger partial charge in [0.15, 0.2) is 0 Å². The predicted octanol–water partition coefficient (Wildman–Crippen LogP) is 1.10. The lowest BCUT2D eigenvalue weighted by molar-refractivity contribution is -0.125. The fraction of sp³-hybridized carbons (Fsp3) is 0.381. The maximum absolute atomic E-state index is 12.7. The number of rotatable bonds is 6. The van der Waals surface area contributed by atoms with Crippen molar-refractivity contribution in [2.24, 2.45) is 13.0 Å². The summed E-state index contributed by atoms with van der Waals surface area (Å²) in [4.78, 5) is 39.4. The zero-order valence-electron chi connectivity index (χ0n) is 17.2. The quantitative estimate of drug-likeness (QED) is 0.616. The number of amides is 1. The molecule has 4 heterocycles. The largest absolute Gasteiger partial charge is 0.354 e. The first-order chi connectivity index (χ1) is 15.0. The molecule has 10 heteroatoms. The Balaban J connectivity index is 1.34. The van der Waals surface area contributed by atoms with E-state index in [0.29, 0.717) is 25.5 Å². The molecule has 3 aromatic rings. The van der Waals surface area contributed by atoms with Gasteiger partial charge in [-0.3, -0.25) is 14.4 Å². The number of hydrogen-bond donors (Lipinski definition) is 1. The molecule has 31 heavy (non-hydrogen) atoms. The lowest BCUT2D eigenvalue weighted by Gasteiger charge is -2.32. The number of carbonyl (C=O) groups is 1. The first kappa shape index (κ1) is 21.0. The molecule has 1 fully saturated rings. The van der Waals surface area contributed by atoms with Crippen LogP contribution >= 0.6 is 11.3 Å². The minimum absolute atomic E-state index is 0.0445. The Bertz CT molecular complexity index is 1170. The number of carbonyl (C=O) groups excluding carboxylic acids is 1. The van der Waals surface area contributed by atoms with E-state index in [4.69, 9.17) is 0 Å². The standard InChI is InChI=1S/C21H24N6O3S/c1-25-19(28)9-7-18(24-25)26-11-2-4-15(14-26)21(30)22-10-12-27-20(29)8-6-16(23-27)17-5-3-13-31-17/h3,5-9,13,15H,2,4,10-12,14H2,1H3,(H,22,30)/t15-/m0/s1. The van der Waals surface area contributed by atoms with Gasteiger partial charge in [-0.25, -0.2) is 9.36 Å². The predicted molar refractivity (Wildman–Crippen MR) is 119 cm³/mol. The topological polar surface area (TPSA) is 102 Å². The summed E-state index contributed by atoms with van der Waals surface area (Å²) in [6.45, 7) is 1.98. The molecule has 0 radical (unpaired) electrons. The molecule has 0 spiro atoms. The summed E-state index contributed by atoms with van der Waals surface area (Å²) in [6.07, 6.45) is 1.66. The van der Waals surface area contributed by atoms with E-state index in [0.717, 1.165) is 30.0 Å². The molecular weight excluding hydrogens is 416 g/mol. The van der Waals surface area contributed by atoms with E-state index in [9.17, 15) is 14.4 Å². The summed E-state index contributed by atoms with van der Waals surface area (Å²) in [5.74, 6) is 0.479. The number of aryl methyl sites for hydroxylation is 1. The molecule has 1 atom stereocenters. The van der Waals surface area contributed by atoms with Crippen LogP contribution in [0, 0.1) is 5.92 Å². The van der Waals surface area contributed by atoms with Crippen molar-refractivity contribution in [3.63, 3.8) is 0 Å². The van der Waals surface area contributed by atoms with Crippen LogP contribution in [0.2, 0.25) is 0 Å². The molecule has 162 valence electrons. The van der Waals surface area contributed by atoms with Crippen LogP contribution in [0.5, 0.6) is 0 Å². The zero-order valence-corrected chi connectivity index (χ0v) is 18.0. The molecule has 4 rings (SSSR count). The molecule has 0 aliphatic carbocycles. The Morgan fingerprint density at radius 3 is 2.77 bits per heavy atom. The summed E-state index contributed by atoms with van der Waals surface area (Å²) in [7, 11) is 1.61. The number of anilines is 1. The summed E-state index contributed by atoms with van der Waals surface area (Å²) in [6, 6.07) is 10.3. The summed E-state index contributed by atoms with van der Waals surface area (Å²) in [5, 5.41) is 13.6. The zero-order chi connectivity index (χ0) is 21.8. The second-order valence-electron chi connectivity index (χ2n) is 7.49. The van der Waals surface area contributed by atoms with Crippen molar-refractivity contribution < 1.29 is 4.79 Å². The lowest BCUT2D eigenvalue weighted by atomic mass is 9.97. The second-order valence-corrected chi connectivity index (χ2v) is 8.43. The molecule has 0 aromatic carbocycles. The minimum atomic E-state index is -0.195. The number of nitrogens with one attached hydrogen (secondary N) is 1. The first-order valence-corrected chi connectivity index (χ1v) is 11.1. The van der Waals surface area contributed by atoms with Gasteiger partial charge in [-0.15, -0.1) is 11.3 Å². The van der Waals surface area contributed by atoms with Crippen LogP contribution in [-0.4, -0.2) is 45.1 Å². The Morgan fingerprint density at radius 2 is 2.00 bits per heavy atom. The number of hydrogen-bond acceptors (Lipinski definition) is 7. The number of aromatic nitrogens is 4. The van der Waals surface area contributed by atoms with Crippen molar-refractivity contribution in [3.05, 3.63) is 62.5 Å². The van der Waals surface area contributed by atoms with Gasteiger partial charge in [-0.05, 0) is 36.4 Å². The Kier molecular flexibility index (Phi) is 6.26. The number of nitrogens with zero attached hydrogens (tertiary/aromatic N) is 5. The van der Waals surface area contributed by atoms with Gasteiger partial charge in [0.05, 0.1) is 17.3 Å². The minimum Gasteiger partial charge on any atom is -0.354 e. The van der Waals surface area contributed by atoms with Crippen LogP contribution < -0.4 is 21.3 Å². The van der Waals surface area contributed by atoms with Crippen molar-refractivity contribution in [1.82, 2.24) is 24.9 Å². The normalized spacial score (nSPS) is 16.3. The Labute approximate surface area is 182 Å². The van der Waals surface area contributed by atoms with E-state index in [1.165, 1.54) is 21.5 Å². The van der Waals surface area contributed by atoms with Crippen molar-refractivity contribution in [2.45, 2.75) is 19.4 Å². The summed E-state index contributed by atoms with van der Waals surface area (Å²) < 4.78 is 2.69. The monoisotopic (exact) mass is 440 g/mol. The SMILES string of the molecule is Cn1nc(N2CCC[C@H](C(=O)NCCn3nc(-c4cccs4)ccc3=O)C2)ccc1=O. The van der Waals surface area contributed by atoms with E-state index in [-0.39, 0.29) is 22.9 Å². The van der Waals surface area contributed by atoms with Gasteiger partial charge < -0.3 is 10.2 Å². The van der Waals surface area contributed by atoms with Crippen molar-refractivity contribution in [2.75, 3.05) is 24.5 Å². The molecule has 3 aromatic heterocycles. The van der Waals surface area contributed by atoms with Gasteiger partial charge in [0.25, 0.3) is 11.1 Å². The van der Waals surface area contributed by atoms with Crippen LogP contribution in [0.3, 0.4) is 0 Å². The number of piperidine rings is 1. The van der Waals surface area contributed by atoms with Gasteiger partial charge in [-0.1, -0.05) is 6.07 Å². The molecule has 1 aliphatic rings. The molecule has 1 amide bonds. The van der Waals surface area contributed by atoms with E-state index >= 15 is 0 Å². The van der Waals surface area contributed by atoms with Gasteiger partial charge >= 0.3 is 0 Å². The number of thiophene rings is 1.